The molecule has 1 aliphatic carbocycles. The third kappa shape index (κ3) is 6.12. The molecular formula is C14H20F4O. The zero-order chi connectivity index (χ0) is 14.5. The zero-order valence-corrected chi connectivity index (χ0v) is 11.3. The second-order valence-electron chi connectivity index (χ2n) is 5.06. The summed E-state index contributed by atoms with van der Waals surface area (Å²) in [5.41, 5.74) is 0.782. The van der Waals surface area contributed by atoms with Gasteiger partial charge in [0.05, 0.1) is 12.4 Å². The molecular weight excluding hydrogens is 260 g/mol. The Morgan fingerprint density at radius 1 is 1.21 bits per heavy atom. The van der Waals surface area contributed by atoms with Crippen LogP contribution in [0.25, 0.3) is 0 Å². The van der Waals surface area contributed by atoms with E-state index in [4.69, 9.17) is 4.74 Å². The van der Waals surface area contributed by atoms with E-state index in [9.17, 15) is 17.6 Å². The van der Waals surface area contributed by atoms with Crippen molar-refractivity contribution in [2.75, 3.05) is 6.61 Å². The molecule has 0 aliphatic heterocycles. The first-order valence-electron chi connectivity index (χ1n) is 6.58. The first-order valence-corrected chi connectivity index (χ1v) is 6.58. The lowest BCUT2D eigenvalue weighted by molar-refractivity contribution is -0.136. The van der Waals surface area contributed by atoms with E-state index in [0.717, 1.165) is 5.57 Å². The van der Waals surface area contributed by atoms with Gasteiger partial charge in [-0.1, -0.05) is 13.8 Å². The Kier molecular flexibility index (Phi) is 5.88. The fourth-order valence-electron chi connectivity index (χ4n) is 1.99. The number of allylic oxidation sites excluding steroid dienone is 4. The summed E-state index contributed by atoms with van der Waals surface area (Å²) < 4.78 is 54.7. The molecule has 5 heteroatoms. The minimum Gasteiger partial charge on any atom is -0.498 e. The third-order valence-corrected chi connectivity index (χ3v) is 3.07. The number of alkyl halides is 3. The van der Waals surface area contributed by atoms with Gasteiger partial charge in [-0.3, -0.25) is 0 Å². The number of ether oxygens (including phenoxy) is 1. The normalized spacial score (nSPS) is 16.9. The predicted octanol–water partition coefficient (Wildman–Crippen LogP) is 5.29. The number of rotatable bonds is 6. The minimum atomic E-state index is -4.11. The second-order valence-corrected chi connectivity index (χ2v) is 5.06. The molecule has 1 aliphatic rings. The summed E-state index contributed by atoms with van der Waals surface area (Å²) in [6, 6.07) is 0. The Bertz CT molecular complexity index is 353. The molecule has 0 unspecified atom stereocenters. The lowest BCUT2D eigenvalue weighted by Crippen LogP contribution is -2.08. The van der Waals surface area contributed by atoms with Crippen LogP contribution in [0.3, 0.4) is 0 Å². The monoisotopic (exact) mass is 280 g/mol. The van der Waals surface area contributed by atoms with Crippen LogP contribution >= 0.6 is 0 Å². The molecule has 0 aromatic heterocycles. The fourth-order valence-corrected chi connectivity index (χ4v) is 1.99. The molecule has 0 saturated heterocycles. The fraction of sp³-hybridized carbons (Fsp3) is 0.714. The molecule has 0 amide bonds. The van der Waals surface area contributed by atoms with Gasteiger partial charge in [0.1, 0.15) is 5.83 Å². The predicted molar refractivity (Wildman–Crippen MR) is 66.1 cm³/mol. The first-order chi connectivity index (χ1) is 8.79. The lowest BCUT2D eigenvalue weighted by Gasteiger charge is -2.19. The van der Waals surface area contributed by atoms with Crippen molar-refractivity contribution in [2.24, 2.45) is 5.92 Å². The van der Waals surface area contributed by atoms with Crippen LogP contribution in [0, 0.1) is 5.92 Å². The van der Waals surface area contributed by atoms with Crippen LogP contribution in [0.5, 0.6) is 0 Å². The van der Waals surface area contributed by atoms with E-state index in [0.29, 0.717) is 25.0 Å². The Labute approximate surface area is 111 Å². The molecule has 110 valence electrons. The van der Waals surface area contributed by atoms with Crippen LogP contribution in [0.1, 0.15) is 46.0 Å². The first kappa shape index (κ1) is 16.1. The average molecular weight is 280 g/mol. The molecule has 1 nitrogen and oxygen atoms in total. The van der Waals surface area contributed by atoms with Gasteiger partial charge < -0.3 is 4.74 Å². The molecule has 0 atom stereocenters. The van der Waals surface area contributed by atoms with Gasteiger partial charge in [0, 0.05) is 18.9 Å². The maximum absolute atomic E-state index is 13.7. The van der Waals surface area contributed by atoms with Crippen molar-refractivity contribution >= 4 is 0 Å². The van der Waals surface area contributed by atoms with E-state index < -0.39 is 12.6 Å². The van der Waals surface area contributed by atoms with Gasteiger partial charge in [0.2, 0.25) is 0 Å². The Hall–Kier alpha value is -1.00. The number of hydrogen-bond acceptors (Lipinski definition) is 1. The Morgan fingerprint density at radius 3 is 2.42 bits per heavy atom. The standard InChI is InChI=1S/C14H20F4O/c1-10(2)12-6-5-11(9-13(12)15)19-8-4-3-7-14(16,17)18/h9-10H,3-8H2,1-2H3. The van der Waals surface area contributed by atoms with Crippen LogP contribution in [0.4, 0.5) is 17.6 Å². The van der Waals surface area contributed by atoms with Crippen molar-refractivity contribution < 1.29 is 22.3 Å². The van der Waals surface area contributed by atoms with Crippen molar-refractivity contribution in [1.29, 1.82) is 0 Å². The summed E-state index contributed by atoms with van der Waals surface area (Å²) in [5.74, 6) is 0.449. The quantitative estimate of drug-likeness (QED) is 0.474. The van der Waals surface area contributed by atoms with Crippen molar-refractivity contribution in [1.82, 2.24) is 0 Å². The van der Waals surface area contributed by atoms with Crippen molar-refractivity contribution in [3.63, 3.8) is 0 Å². The maximum Gasteiger partial charge on any atom is 0.389 e. The highest BCUT2D eigenvalue weighted by Gasteiger charge is 2.25. The number of hydrogen-bond donors (Lipinski definition) is 0. The van der Waals surface area contributed by atoms with E-state index in [-0.39, 0.29) is 24.8 Å². The molecule has 0 radical (unpaired) electrons. The molecule has 19 heavy (non-hydrogen) atoms. The third-order valence-electron chi connectivity index (χ3n) is 3.07. The summed E-state index contributed by atoms with van der Waals surface area (Å²) in [4.78, 5) is 0. The topological polar surface area (TPSA) is 9.23 Å². The largest absolute Gasteiger partial charge is 0.498 e. The molecule has 0 heterocycles. The number of unbranched alkanes of at least 4 members (excludes halogenated alkanes) is 1. The SMILES string of the molecule is CC(C)C1=C(F)C=C(OCCCCC(F)(F)F)CC1. The van der Waals surface area contributed by atoms with E-state index in [2.05, 4.69) is 0 Å². The van der Waals surface area contributed by atoms with Crippen molar-refractivity contribution in [3.8, 4) is 0 Å². The summed E-state index contributed by atoms with van der Waals surface area (Å²) in [7, 11) is 0. The van der Waals surface area contributed by atoms with Crippen LogP contribution in [-0.4, -0.2) is 12.8 Å². The van der Waals surface area contributed by atoms with Gasteiger partial charge in [0.15, 0.2) is 0 Å². The molecule has 0 spiro atoms. The van der Waals surface area contributed by atoms with Crippen molar-refractivity contribution in [3.05, 3.63) is 23.2 Å². The van der Waals surface area contributed by atoms with E-state index >= 15 is 0 Å². The molecule has 0 fully saturated rings. The highest BCUT2D eigenvalue weighted by molar-refractivity contribution is 5.27. The van der Waals surface area contributed by atoms with Crippen LogP contribution in [0.2, 0.25) is 0 Å². The highest BCUT2D eigenvalue weighted by Crippen LogP contribution is 2.30. The van der Waals surface area contributed by atoms with Gasteiger partial charge >= 0.3 is 6.18 Å². The summed E-state index contributed by atoms with van der Waals surface area (Å²) in [5, 5.41) is 0. The maximum atomic E-state index is 13.7. The Balaban J connectivity index is 2.30. The lowest BCUT2D eigenvalue weighted by atomic mass is 9.93. The van der Waals surface area contributed by atoms with E-state index in [1.807, 2.05) is 13.8 Å². The van der Waals surface area contributed by atoms with Gasteiger partial charge in [-0.2, -0.15) is 13.2 Å². The van der Waals surface area contributed by atoms with Crippen LogP contribution < -0.4 is 0 Å². The van der Waals surface area contributed by atoms with Gasteiger partial charge in [-0.05, 0) is 30.8 Å². The molecule has 0 N–H and O–H groups in total. The molecule has 0 aromatic rings. The highest BCUT2D eigenvalue weighted by atomic mass is 19.4. The summed E-state index contributed by atoms with van der Waals surface area (Å²) in [6.45, 7) is 4.09. The van der Waals surface area contributed by atoms with Crippen LogP contribution in [0.15, 0.2) is 23.2 Å². The van der Waals surface area contributed by atoms with Gasteiger partial charge in [-0.25, -0.2) is 4.39 Å². The molecule has 0 aromatic carbocycles. The summed E-state index contributed by atoms with van der Waals surface area (Å²) in [6.07, 6.45) is -1.90. The van der Waals surface area contributed by atoms with Gasteiger partial charge in [-0.15, -0.1) is 0 Å². The summed E-state index contributed by atoms with van der Waals surface area (Å²) >= 11 is 0. The molecule has 1 rings (SSSR count). The smallest absolute Gasteiger partial charge is 0.389 e. The van der Waals surface area contributed by atoms with Crippen molar-refractivity contribution in [2.45, 2.75) is 52.1 Å². The zero-order valence-electron chi connectivity index (χ0n) is 11.3. The van der Waals surface area contributed by atoms with Crippen LogP contribution in [-0.2, 0) is 4.74 Å². The van der Waals surface area contributed by atoms with E-state index in [1.54, 1.807) is 0 Å². The molecule has 0 saturated carbocycles. The Morgan fingerprint density at radius 2 is 1.89 bits per heavy atom. The second kappa shape index (κ2) is 6.96. The van der Waals surface area contributed by atoms with Gasteiger partial charge in [0.25, 0.3) is 0 Å². The number of halogens is 4. The average Bonchev–Trinajstić information content (AvgIpc) is 2.26. The molecule has 0 bridgehead atoms. The van der Waals surface area contributed by atoms with E-state index in [1.165, 1.54) is 6.08 Å². The minimum absolute atomic E-state index is 0.0480.